The van der Waals surface area contributed by atoms with Crippen LogP contribution < -0.4 is 9.80 Å². The molecule has 0 aliphatic rings. The number of hydrogen-bond donors (Lipinski definition) is 0. The van der Waals surface area contributed by atoms with Gasteiger partial charge in [0.1, 0.15) is 0 Å². The molecule has 0 spiro atoms. The zero-order chi connectivity index (χ0) is 18.4. The van der Waals surface area contributed by atoms with Crippen LogP contribution in [0.4, 0.5) is 11.4 Å². The van der Waals surface area contributed by atoms with E-state index >= 15 is 0 Å². The molecule has 0 radical (unpaired) electrons. The van der Waals surface area contributed by atoms with Crippen LogP contribution in [0.2, 0.25) is 0 Å². The third kappa shape index (κ3) is 3.98. The van der Waals surface area contributed by atoms with Crippen LogP contribution >= 0.6 is 0 Å². The van der Waals surface area contributed by atoms with E-state index in [9.17, 15) is 9.59 Å². The molecule has 3 aromatic carbocycles. The predicted octanol–water partition coefficient (Wildman–Crippen LogP) is 3.88. The Labute approximate surface area is 153 Å². The topological polar surface area (TPSA) is 40.6 Å². The van der Waals surface area contributed by atoms with Crippen LogP contribution in [0.25, 0.3) is 0 Å². The van der Waals surface area contributed by atoms with Gasteiger partial charge < -0.3 is 4.90 Å². The zero-order valence-corrected chi connectivity index (χ0v) is 14.6. The van der Waals surface area contributed by atoms with Crippen LogP contribution in [-0.4, -0.2) is 18.9 Å². The Hall–Kier alpha value is -3.40. The maximum absolute atomic E-state index is 13.0. The van der Waals surface area contributed by atoms with Crippen molar-refractivity contribution in [3.63, 3.8) is 0 Å². The van der Waals surface area contributed by atoms with Gasteiger partial charge in [-0.25, -0.2) is 0 Å². The van der Waals surface area contributed by atoms with E-state index in [1.165, 1.54) is 9.80 Å². The van der Waals surface area contributed by atoms with Crippen LogP contribution in [0.5, 0.6) is 0 Å². The molecule has 130 valence electrons. The number of nitrogens with zero attached hydrogens (tertiary/aromatic N) is 2. The second-order valence-electron chi connectivity index (χ2n) is 5.91. The Kier molecular flexibility index (Phi) is 5.44. The molecule has 0 N–H and O–H groups in total. The number of carbonyl (C=O) groups is 2. The molecule has 2 amide bonds. The fraction of sp³-hybridized carbons (Fsp3) is 0.0909. The van der Waals surface area contributed by atoms with Gasteiger partial charge in [-0.1, -0.05) is 66.7 Å². The summed E-state index contributed by atoms with van der Waals surface area (Å²) in [5.74, 6) is -1.14. The summed E-state index contributed by atoms with van der Waals surface area (Å²) in [5, 5.41) is 0. The van der Waals surface area contributed by atoms with Gasteiger partial charge >= 0.3 is 11.8 Å². The lowest BCUT2D eigenvalue weighted by molar-refractivity contribution is -0.135. The fourth-order valence-electron chi connectivity index (χ4n) is 2.68. The summed E-state index contributed by atoms with van der Waals surface area (Å²) in [6.45, 7) is 0.331. The van der Waals surface area contributed by atoms with Crippen molar-refractivity contribution in [1.29, 1.82) is 0 Å². The Morgan fingerprint density at radius 2 is 1.12 bits per heavy atom. The second-order valence-corrected chi connectivity index (χ2v) is 5.91. The molecule has 0 unspecified atom stereocenters. The Morgan fingerprint density at radius 3 is 1.65 bits per heavy atom. The number of para-hydroxylation sites is 2. The summed E-state index contributed by atoms with van der Waals surface area (Å²) < 4.78 is 0. The first kappa shape index (κ1) is 17.4. The number of likely N-dealkylation sites (N-methyl/N-ethyl adjacent to an activating group) is 1. The van der Waals surface area contributed by atoms with Crippen LogP contribution in [0, 0.1) is 0 Å². The minimum atomic E-state index is -0.573. The number of benzene rings is 3. The van der Waals surface area contributed by atoms with Crippen molar-refractivity contribution in [2.45, 2.75) is 6.54 Å². The second kappa shape index (κ2) is 8.12. The normalized spacial score (nSPS) is 10.2. The molecule has 0 aliphatic carbocycles. The number of hydrogen-bond acceptors (Lipinski definition) is 2. The van der Waals surface area contributed by atoms with Crippen LogP contribution in [0.15, 0.2) is 91.0 Å². The molecular weight excluding hydrogens is 324 g/mol. The van der Waals surface area contributed by atoms with E-state index in [0.29, 0.717) is 17.9 Å². The summed E-state index contributed by atoms with van der Waals surface area (Å²) >= 11 is 0. The van der Waals surface area contributed by atoms with E-state index < -0.39 is 11.8 Å². The van der Waals surface area contributed by atoms with Crippen molar-refractivity contribution < 1.29 is 9.59 Å². The van der Waals surface area contributed by atoms with E-state index in [1.807, 2.05) is 78.9 Å². The van der Waals surface area contributed by atoms with Gasteiger partial charge in [0.05, 0.1) is 6.54 Å². The molecule has 0 saturated heterocycles. The maximum Gasteiger partial charge on any atom is 0.317 e. The van der Waals surface area contributed by atoms with Gasteiger partial charge in [-0.3, -0.25) is 14.5 Å². The average molecular weight is 344 g/mol. The fourth-order valence-corrected chi connectivity index (χ4v) is 2.68. The van der Waals surface area contributed by atoms with Crippen molar-refractivity contribution in [2.75, 3.05) is 16.8 Å². The first-order chi connectivity index (χ1) is 12.7. The lowest BCUT2D eigenvalue weighted by atomic mass is 10.2. The highest BCUT2D eigenvalue weighted by Crippen LogP contribution is 2.19. The zero-order valence-electron chi connectivity index (χ0n) is 14.6. The van der Waals surface area contributed by atoms with Gasteiger partial charge in [0, 0.05) is 18.4 Å². The molecule has 0 bridgehead atoms. The highest BCUT2D eigenvalue weighted by atomic mass is 16.2. The molecule has 3 rings (SSSR count). The molecular formula is C22H20N2O2. The van der Waals surface area contributed by atoms with Crippen LogP contribution in [0.1, 0.15) is 5.56 Å². The Balaban J connectivity index is 1.88. The summed E-state index contributed by atoms with van der Waals surface area (Å²) in [6.07, 6.45) is 0. The monoisotopic (exact) mass is 344 g/mol. The molecule has 0 heterocycles. The molecule has 0 fully saturated rings. The summed E-state index contributed by atoms with van der Waals surface area (Å²) in [6, 6.07) is 28.0. The summed E-state index contributed by atoms with van der Waals surface area (Å²) in [4.78, 5) is 28.7. The number of carbonyl (C=O) groups excluding carboxylic acids is 2. The standard InChI is InChI=1S/C22H20N2O2/c1-23(19-13-7-3-8-14-19)21(25)22(26)24(20-15-9-4-10-16-20)17-18-11-5-2-6-12-18/h2-16H,17H2,1H3. The smallest absolute Gasteiger partial charge is 0.307 e. The largest absolute Gasteiger partial charge is 0.317 e. The summed E-state index contributed by atoms with van der Waals surface area (Å²) in [7, 11) is 1.61. The average Bonchev–Trinajstić information content (AvgIpc) is 2.72. The van der Waals surface area contributed by atoms with E-state index in [1.54, 1.807) is 19.2 Å². The van der Waals surface area contributed by atoms with Gasteiger partial charge in [0.2, 0.25) is 0 Å². The van der Waals surface area contributed by atoms with Crippen LogP contribution in [0.3, 0.4) is 0 Å². The molecule has 0 aliphatic heterocycles. The molecule has 3 aromatic rings. The quantitative estimate of drug-likeness (QED) is 0.674. The minimum Gasteiger partial charge on any atom is -0.307 e. The Morgan fingerprint density at radius 1 is 0.654 bits per heavy atom. The van der Waals surface area contributed by atoms with Crippen molar-refractivity contribution in [1.82, 2.24) is 0 Å². The van der Waals surface area contributed by atoms with Crippen molar-refractivity contribution in [3.05, 3.63) is 96.6 Å². The Bertz CT molecular complexity index is 864. The number of anilines is 2. The van der Waals surface area contributed by atoms with Crippen molar-refractivity contribution >= 4 is 23.2 Å². The van der Waals surface area contributed by atoms with Gasteiger partial charge in [-0.2, -0.15) is 0 Å². The third-order valence-electron chi connectivity index (χ3n) is 4.13. The molecule has 4 nitrogen and oxygen atoms in total. The molecule has 4 heteroatoms. The predicted molar refractivity (Wildman–Crippen MR) is 104 cm³/mol. The van der Waals surface area contributed by atoms with E-state index in [0.717, 1.165) is 5.56 Å². The molecule has 0 atom stereocenters. The van der Waals surface area contributed by atoms with Crippen molar-refractivity contribution in [3.8, 4) is 0 Å². The maximum atomic E-state index is 13.0. The SMILES string of the molecule is CN(C(=O)C(=O)N(Cc1ccccc1)c1ccccc1)c1ccccc1. The van der Waals surface area contributed by atoms with E-state index in [2.05, 4.69) is 0 Å². The molecule has 26 heavy (non-hydrogen) atoms. The first-order valence-corrected chi connectivity index (χ1v) is 8.40. The number of amides is 2. The lowest BCUT2D eigenvalue weighted by Gasteiger charge is -2.25. The number of rotatable bonds is 4. The highest BCUT2D eigenvalue weighted by Gasteiger charge is 2.27. The highest BCUT2D eigenvalue weighted by molar-refractivity contribution is 6.44. The lowest BCUT2D eigenvalue weighted by Crippen LogP contribution is -2.43. The third-order valence-corrected chi connectivity index (χ3v) is 4.13. The van der Waals surface area contributed by atoms with E-state index in [4.69, 9.17) is 0 Å². The van der Waals surface area contributed by atoms with Crippen LogP contribution in [-0.2, 0) is 16.1 Å². The minimum absolute atomic E-state index is 0.331. The van der Waals surface area contributed by atoms with Gasteiger partial charge in [-0.15, -0.1) is 0 Å². The molecule has 0 aromatic heterocycles. The van der Waals surface area contributed by atoms with Crippen molar-refractivity contribution in [2.24, 2.45) is 0 Å². The van der Waals surface area contributed by atoms with Gasteiger partial charge in [0.25, 0.3) is 0 Å². The summed E-state index contributed by atoms with van der Waals surface area (Å²) in [5.41, 5.74) is 2.33. The van der Waals surface area contributed by atoms with Gasteiger partial charge in [0.15, 0.2) is 0 Å². The van der Waals surface area contributed by atoms with Gasteiger partial charge in [-0.05, 0) is 29.8 Å². The van der Waals surface area contributed by atoms with E-state index in [-0.39, 0.29) is 0 Å². The first-order valence-electron chi connectivity index (χ1n) is 8.40. The molecule has 0 saturated carbocycles.